The predicted octanol–water partition coefficient (Wildman–Crippen LogP) is 8.97. The zero-order valence-corrected chi connectivity index (χ0v) is 40.6. The van der Waals surface area contributed by atoms with Crippen molar-refractivity contribution in [3.8, 4) is 34.3 Å². The first-order chi connectivity index (χ1) is 35.2. The standard InChI is InChI=1S/C59H59N5O8/c1-41-50-35-48(71-39-44-13-6-3-7-14-44)25-26-52(50)63(57(41)45-19-23-47(24-20-45)70-38-43-11-4-2-5-12-43)36-42-17-21-46(22-18-42)69-34-9-8-29-61-30-32-62(33-31-61)56(66)40-72-54-16-10-15-49-51(54)37-64(59(49)68)53-27-28-55(65)60-58(53)67/h2-7,10-26,35,53H,8-9,27-34,36-40H2,1H3,(H,60,65,67). The molecule has 1 N–H and O–H groups in total. The van der Waals surface area contributed by atoms with Crippen LogP contribution >= 0.6 is 0 Å². The Morgan fingerprint density at radius 1 is 0.667 bits per heavy atom. The Bertz CT molecular complexity index is 3040. The van der Waals surface area contributed by atoms with Gasteiger partial charge in [0.2, 0.25) is 11.8 Å². The third-order valence-electron chi connectivity index (χ3n) is 13.9. The molecule has 4 amide bonds. The Balaban J connectivity index is 0.696. The molecule has 6 aromatic carbocycles. The van der Waals surface area contributed by atoms with Crippen molar-refractivity contribution in [3.05, 3.63) is 179 Å². The van der Waals surface area contributed by atoms with Crippen LogP contribution in [0.2, 0.25) is 0 Å². The van der Waals surface area contributed by atoms with Crippen molar-refractivity contribution >= 4 is 34.5 Å². The van der Waals surface area contributed by atoms with Gasteiger partial charge in [0.15, 0.2) is 6.61 Å². The average molecular weight is 966 g/mol. The lowest BCUT2D eigenvalue weighted by Crippen LogP contribution is -2.52. The van der Waals surface area contributed by atoms with E-state index in [0.29, 0.717) is 56.3 Å². The van der Waals surface area contributed by atoms with Crippen LogP contribution in [0.5, 0.6) is 23.0 Å². The first-order valence-corrected chi connectivity index (χ1v) is 24.9. The van der Waals surface area contributed by atoms with Crippen molar-refractivity contribution in [3.63, 3.8) is 0 Å². The molecule has 1 unspecified atom stereocenters. The van der Waals surface area contributed by atoms with E-state index in [-0.39, 0.29) is 43.7 Å². The van der Waals surface area contributed by atoms with Crippen molar-refractivity contribution in [2.45, 2.75) is 65.0 Å². The lowest BCUT2D eigenvalue weighted by molar-refractivity contribution is -0.137. The molecule has 13 nitrogen and oxygen atoms in total. The molecule has 0 radical (unpaired) electrons. The highest BCUT2D eigenvalue weighted by Gasteiger charge is 2.40. The predicted molar refractivity (Wildman–Crippen MR) is 275 cm³/mol. The number of carbonyl (C=O) groups is 4. The van der Waals surface area contributed by atoms with Crippen molar-refractivity contribution < 1.29 is 38.1 Å². The minimum absolute atomic E-state index is 0.107. The van der Waals surface area contributed by atoms with Gasteiger partial charge in [-0.15, -0.1) is 0 Å². The average Bonchev–Trinajstić information content (AvgIpc) is 3.89. The fourth-order valence-corrected chi connectivity index (χ4v) is 9.96. The number of ether oxygens (including phenoxy) is 4. The van der Waals surface area contributed by atoms with Gasteiger partial charge in [-0.25, -0.2) is 0 Å². The Morgan fingerprint density at radius 2 is 1.33 bits per heavy atom. The molecule has 368 valence electrons. The van der Waals surface area contributed by atoms with Crippen LogP contribution in [-0.2, 0) is 40.7 Å². The number of hydrogen-bond acceptors (Lipinski definition) is 9. The molecule has 13 heteroatoms. The van der Waals surface area contributed by atoms with Gasteiger partial charge < -0.3 is 33.3 Å². The van der Waals surface area contributed by atoms with Crippen LogP contribution in [0.1, 0.15) is 63.9 Å². The summed E-state index contributed by atoms with van der Waals surface area (Å²) in [4.78, 5) is 56.3. The maximum atomic E-state index is 13.2. The number of nitrogens with one attached hydrogen (secondary N) is 1. The normalized spacial score (nSPS) is 15.9. The third-order valence-corrected chi connectivity index (χ3v) is 13.9. The number of amides is 4. The van der Waals surface area contributed by atoms with E-state index in [9.17, 15) is 19.2 Å². The summed E-state index contributed by atoms with van der Waals surface area (Å²) in [5.74, 6) is 1.78. The second-order valence-corrected chi connectivity index (χ2v) is 18.7. The van der Waals surface area contributed by atoms with E-state index in [1.165, 1.54) is 10.5 Å². The van der Waals surface area contributed by atoms with Crippen LogP contribution in [0.25, 0.3) is 22.2 Å². The number of aryl methyl sites for hydroxylation is 1. The van der Waals surface area contributed by atoms with Crippen molar-refractivity contribution in [1.29, 1.82) is 0 Å². The molecule has 0 spiro atoms. The molecule has 3 aliphatic rings. The first-order valence-electron chi connectivity index (χ1n) is 24.9. The summed E-state index contributed by atoms with van der Waals surface area (Å²) in [6.07, 6.45) is 2.35. The molecule has 7 aromatic rings. The molecule has 1 aromatic heterocycles. The number of fused-ring (bicyclic) bond motifs is 2. The highest BCUT2D eigenvalue weighted by Crippen LogP contribution is 2.38. The number of aromatic nitrogens is 1. The molecule has 4 heterocycles. The van der Waals surface area contributed by atoms with Gasteiger partial charge in [0.1, 0.15) is 42.3 Å². The van der Waals surface area contributed by atoms with Crippen molar-refractivity contribution in [2.24, 2.45) is 0 Å². The molecule has 0 bridgehead atoms. The van der Waals surface area contributed by atoms with Gasteiger partial charge in [0.05, 0.1) is 18.8 Å². The summed E-state index contributed by atoms with van der Waals surface area (Å²) in [5.41, 5.74) is 9.10. The summed E-state index contributed by atoms with van der Waals surface area (Å²) < 4.78 is 27.0. The van der Waals surface area contributed by atoms with Gasteiger partial charge in [-0.2, -0.15) is 0 Å². The molecule has 10 rings (SSSR count). The van der Waals surface area contributed by atoms with Crippen LogP contribution in [0.4, 0.5) is 0 Å². The number of rotatable bonds is 19. The van der Waals surface area contributed by atoms with E-state index in [1.54, 1.807) is 18.2 Å². The first kappa shape index (κ1) is 47.8. The van der Waals surface area contributed by atoms with Crippen LogP contribution in [0.3, 0.4) is 0 Å². The maximum absolute atomic E-state index is 13.2. The molecule has 72 heavy (non-hydrogen) atoms. The summed E-state index contributed by atoms with van der Waals surface area (Å²) in [7, 11) is 0. The lowest BCUT2D eigenvalue weighted by Gasteiger charge is -2.34. The van der Waals surface area contributed by atoms with E-state index in [4.69, 9.17) is 18.9 Å². The molecule has 0 aliphatic carbocycles. The molecular weight excluding hydrogens is 907 g/mol. The summed E-state index contributed by atoms with van der Waals surface area (Å²) in [6, 6.07) is 48.1. The van der Waals surface area contributed by atoms with Gasteiger partial charge in [-0.05, 0) is 127 Å². The van der Waals surface area contributed by atoms with E-state index < -0.39 is 11.9 Å². The number of benzene rings is 6. The topological polar surface area (TPSA) is 132 Å². The SMILES string of the molecule is Cc1c(-c2ccc(OCc3ccccc3)cc2)n(Cc2ccc(OCCCCN3CCN(C(=O)COc4cccc5c4CN(C4CCC(=O)NC4=O)C5=O)CC3)cc2)c2ccc(OCc3ccccc3)cc12. The number of piperidine rings is 1. The number of nitrogens with zero attached hydrogens (tertiary/aromatic N) is 4. The fourth-order valence-electron chi connectivity index (χ4n) is 9.96. The second-order valence-electron chi connectivity index (χ2n) is 18.7. The van der Waals surface area contributed by atoms with Crippen LogP contribution < -0.4 is 24.3 Å². The molecule has 0 saturated carbocycles. The number of carbonyl (C=O) groups excluding carboxylic acids is 4. The van der Waals surface area contributed by atoms with E-state index in [1.807, 2.05) is 53.4 Å². The second kappa shape index (κ2) is 22.0. The highest BCUT2D eigenvalue weighted by molar-refractivity contribution is 6.05. The van der Waals surface area contributed by atoms with Gasteiger partial charge >= 0.3 is 0 Å². The number of unbranched alkanes of at least 4 members (excludes halogenated alkanes) is 1. The molecule has 1 atom stereocenters. The summed E-state index contributed by atoms with van der Waals surface area (Å²) in [6.45, 7) is 8.23. The van der Waals surface area contributed by atoms with E-state index in [2.05, 4.69) is 101 Å². The minimum Gasteiger partial charge on any atom is -0.494 e. The Kier molecular flexibility index (Phi) is 14.6. The lowest BCUT2D eigenvalue weighted by atomic mass is 10.0. The van der Waals surface area contributed by atoms with E-state index in [0.717, 1.165) is 88.6 Å². The zero-order chi connectivity index (χ0) is 49.4. The van der Waals surface area contributed by atoms with Gasteiger partial charge in [-0.3, -0.25) is 29.4 Å². The van der Waals surface area contributed by atoms with Crippen LogP contribution in [0.15, 0.2) is 146 Å². The Hall–Kier alpha value is -7.90. The zero-order valence-electron chi connectivity index (χ0n) is 40.6. The van der Waals surface area contributed by atoms with Crippen LogP contribution in [0, 0.1) is 6.92 Å². The monoisotopic (exact) mass is 965 g/mol. The number of hydrogen-bond donors (Lipinski definition) is 1. The largest absolute Gasteiger partial charge is 0.494 e. The molecular formula is C59H59N5O8. The summed E-state index contributed by atoms with van der Waals surface area (Å²) in [5, 5.41) is 3.48. The highest BCUT2D eigenvalue weighted by atomic mass is 16.5. The van der Waals surface area contributed by atoms with Gasteiger partial charge in [-0.1, -0.05) is 78.9 Å². The minimum atomic E-state index is -0.715. The number of imide groups is 1. The summed E-state index contributed by atoms with van der Waals surface area (Å²) >= 11 is 0. The Labute approximate surface area is 419 Å². The maximum Gasteiger partial charge on any atom is 0.260 e. The van der Waals surface area contributed by atoms with E-state index >= 15 is 0 Å². The molecule has 2 fully saturated rings. The number of piperazine rings is 1. The van der Waals surface area contributed by atoms with Crippen molar-refractivity contribution in [2.75, 3.05) is 45.9 Å². The third kappa shape index (κ3) is 11.0. The van der Waals surface area contributed by atoms with Gasteiger partial charge in [0, 0.05) is 61.2 Å². The fraction of sp³-hybridized carbons (Fsp3) is 0.288. The quantitative estimate of drug-likeness (QED) is 0.0624. The van der Waals surface area contributed by atoms with Crippen LogP contribution in [-0.4, -0.2) is 94.9 Å². The van der Waals surface area contributed by atoms with Gasteiger partial charge in [0.25, 0.3) is 11.8 Å². The van der Waals surface area contributed by atoms with Crippen molar-refractivity contribution in [1.82, 2.24) is 24.6 Å². The smallest absolute Gasteiger partial charge is 0.260 e. The molecule has 2 saturated heterocycles. The molecule has 3 aliphatic heterocycles. The Morgan fingerprint density at radius 3 is 2.04 bits per heavy atom.